The lowest BCUT2D eigenvalue weighted by Gasteiger charge is -2.34. The first-order valence-corrected chi connectivity index (χ1v) is 7.14. The summed E-state index contributed by atoms with van der Waals surface area (Å²) in [5.41, 5.74) is 0.837. The molecule has 1 amide bonds. The molecule has 4 heteroatoms. The summed E-state index contributed by atoms with van der Waals surface area (Å²) >= 11 is 0. The Kier molecular flexibility index (Phi) is 5.30. The molecule has 0 unspecified atom stereocenters. The van der Waals surface area contributed by atoms with Crippen molar-refractivity contribution in [1.82, 2.24) is 9.80 Å². The van der Waals surface area contributed by atoms with Crippen LogP contribution in [0.2, 0.25) is 0 Å². The monoisotopic (exact) mass is 276 g/mol. The molecule has 0 radical (unpaired) electrons. The minimum Gasteiger partial charge on any atom is -0.337 e. The molecule has 1 aromatic rings. The smallest absolute Gasteiger partial charge is 0.246 e. The fraction of sp³-hybridized carbons (Fsp3) is 0.438. The van der Waals surface area contributed by atoms with E-state index >= 15 is 0 Å². The average Bonchev–Trinajstić information content (AvgIpc) is 2.47. The van der Waals surface area contributed by atoms with Crippen LogP contribution in [-0.2, 0) is 4.79 Å². The standard InChI is InChI=1S/C16H21FN2O/c1-2-9-18-10-12-19(13-11-18)16(20)8-5-14-3-6-15(17)7-4-14/h3-8H,2,9-13H2,1H3. The summed E-state index contributed by atoms with van der Waals surface area (Å²) in [7, 11) is 0. The van der Waals surface area contributed by atoms with Crippen LogP contribution in [0.5, 0.6) is 0 Å². The third kappa shape index (κ3) is 4.17. The second-order valence-corrected chi connectivity index (χ2v) is 5.05. The van der Waals surface area contributed by atoms with Gasteiger partial charge in [-0.3, -0.25) is 9.69 Å². The molecule has 108 valence electrons. The van der Waals surface area contributed by atoms with E-state index in [1.165, 1.54) is 12.1 Å². The molecule has 1 aliphatic heterocycles. The molecule has 1 saturated heterocycles. The summed E-state index contributed by atoms with van der Waals surface area (Å²) in [5, 5.41) is 0. The second-order valence-electron chi connectivity index (χ2n) is 5.05. The van der Waals surface area contributed by atoms with Gasteiger partial charge in [-0.1, -0.05) is 19.1 Å². The van der Waals surface area contributed by atoms with Gasteiger partial charge in [0.05, 0.1) is 0 Å². The number of carbonyl (C=O) groups is 1. The Morgan fingerprint density at radius 1 is 1.20 bits per heavy atom. The van der Waals surface area contributed by atoms with Gasteiger partial charge in [-0.05, 0) is 36.7 Å². The van der Waals surface area contributed by atoms with E-state index in [0.29, 0.717) is 0 Å². The van der Waals surface area contributed by atoms with Gasteiger partial charge in [0.25, 0.3) is 0 Å². The van der Waals surface area contributed by atoms with Gasteiger partial charge in [-0.25, -0.2) is 4.39 Å². The molecule has 1 fully saturated rings. The van der Waals surface area contributed by atoms with Crippen molar-refractivity contribution in [2.45, 2.75) is 13.3 Å². The minimum absolute atomic E-state index is 0.0328. The van der Waals surface area contributed by atoms with E-state index in [1.54, 1.807) is 24.3 Å². The van der Waals surface area contributed by atoms with Crippen LogP contribution in [-0.4, -0.2) is 48.4 Å². The zero-order valence-electron chi connectivity index (χ0n) is 11.9. The molecule has 0 spiro atoms. The van der Waals surface area contributed by atoms with Crippen LogP contribution < -0.4 is 0 Å². The molecule has 0 N–H and O–H groups in total. The summed E-state index contributed by atoms with van der Waals surface area (Å²) in [6.45, 7) is 6.74. The van der Waals surface area contributed by atoms with E-state index in [-0.39, 0.29) is 11.7 Å². The predicted molar refractivity (Wildman–Crippen MR) is 78.7 cm³/mol. The molecule has 0 aliphatic carbocycles. The van der Waals surface area contributed by atoms with Crippen molar-refractivity contribution in [2.75, 3.05) is 32.7 Å². The zero-order valence-corrected chi connectivity index (χ0v) is 11.9. The number of amides is 1. The predicted octanol–water partition coefficient (Wildman–Crippen LogP) is 2.39. The Bertz CT molecular complexity index is 462. The summed E-state index contributed by atoms with van der Waals surface area (Å²) < 4.78 is 12.8. The Morgan fingerprint density at radius 3 is 2.45 bits per heavy atom. The van der Waals surface area contributed by atoms with Crippen LogP contribution in [0.3, 0.4) is 0 Å². The van der Waals surface area contributed by atoms with E-state index < -0.39 is 0 Å². The quantitative estimate of drug-likeness (QED) is 0.788. The SMILES string of the molecule is CCCN1CCN(C(=O)C=Cc2ccc(F)cc2)CC1. The number of halogens is 1. The Morgan fingerprint density at radius 2 is 1.85 bits per heavy atom. The molecule has 0 atom stereocenters. The molecule has 2 rings (SSSR count). The van der Waals surface area contributed by atoms with Gasteiger partial charge in [0, 0.05) is 32.3 Å². The second kappa shape index (κ2) is 7.20. The minimum atomic E-state index is -0.263. The van der Waals surface area contributed by atoms with Gasteiger partial charge in [0.2, 0.25) is 5.91 Å². The summed E-state index contributed by atoms with van der Waals surface area (Å²) in [4.78, 5) is 16.3. The fourth-order valence-corrected chi connectivity index (χ4v) is 2.35. The van der Waals surface area contributed by atoms with Gasteiger partial charge in [-0.2, -0.15) is 0 Å². The van der Waals surface area contributed by atoms with E-state index in [9.17, 15) is 9.18 Å². The van der Waals surface area contributed by atoms with Crippen molar-refractivity contribution < 1.29 is 9.18 Å². The third-order valence-electron chi connectivity index (χ3n) is 3.51. The topological polar surface area (TPSA) is 23.6 Å². The van der Waals surface area contributed by atoms with E-state index in [1.807, 2.05) is 4.90 Å². The van der Waals surface area contributed by atoms with Crippen LogP contribution in [0.1, 0.15) is 18.9 Å². The van der Waals surface area contributed by atoms with Crippen molar-refractivity contribution in [2.24, 2.45) is 0 Å². The lowest BCUT2D eigenvalue weighted by molar-refractivity contribution is -0.127. The highest BCUT2D eigenvalue weighted by molar-refractivity contribution is 5.91. The molecule has 0 aromatic heterocycles. The maximum Gasteiger partial charge on any atom is 0.246 e. The number of piperazine rings is 1. The van der Waals surface area contributed by atoms with E-state index in [4.69, 9.17) is 0 Å². The molecule has 20 heavy (non-hydrogen) atoms. The van der Waals surface area contributed by atoms with Crippen LogP contribution in [0.15, 0.2) is 30.3 Å². The first-order chi connectivity index (χ1) is 9.69. The molecular weight excluding hydrogens is 255 g/mol. The van der Waals surface area contributed by atoms with Gasteiger partial charge in [0.15, 0.2) is 0 Å². The Hall–Kier alpha value is -1.68. The highest BCUT2D eigenvalue weighted by Gasteiger charge is 2.18. The highest BCUT2D eigenvalue weighted by Crippen LogP contribution is 2.07. The molecule has 0 saturated carbocycles. The lowest BCUT2D eigenvalue weighted by atomic mass is 10.2. The Balaban J connectivity index is 1.85. The first kappa shape index (κ1) is 14.7. The summed E-state index contributed by atoms with van der Waals surface area (Å²) in [6.07, 6.45) is 4.46. The first-order valence-electron chi connectivity index (χ1n) is 7.14. The van der Waals surface area contributed by atoms with Crippen molar-refractivity contribution in [3.05, 3.63) is 41.7 Å². The van der Waals surface area contributed by atoms with Gasteiger partial charge < -0.3 is 4.90 Å². The van der Waals surface area contributed by atoms with Crippen LogP contribution in [0.4, 0.5) is 4.39 Å². The van der Waals surface area contributed by atoms with Gasteiger partial charge in [0.1, 0.15) is 5.82 Å². The summed E-state index contributed by atoms with van der Waals surface area (Å²) in [6, 6.07) is 6.12. The number of hydrogen-bond donors (Lipinski definition) is 0. The zero-order chi connectivity index (χ0) is 14.4. The molecule has 1 aromatic carbocycles. The molecule has 1 heterocycles. The van der Waals surface area contributed by atoms with Crippen LogP contribution in [0, 0.1) is 5.82 Å². The van der Waals surface area contributed by atoms with E-state index in [0.717, 1.165) is 44.7 Å². The summed E-state index contributed by atoms with van der Waals surface area (Å²) in [5.74, 6) is -0.231. The maximum absolute atomic E-state index is 12.8. The fourth-order valence-electron chi connectivity index (χ4n) is 2.35. The van der Waals surface area contributed by atoms with Crippen LogP contribution in [0.25, 0.3) is 6.08 Å². The number of carbonyl (C=O) groups excluding carboxylic acids is 1. The molecule has 3 nitrogen and oxygen atoms in total. The maximum atomic E-state index is 12.8. The largest absolute Gasteiger partial charge is 0.337 e. The average molecular weight is 276 g/mol. The van der Waals surface area contributed by atoms with Crippen molar-refractivity contribution in [3.8, 4) is 0 Å². The Labute approximate surface area is 119 Å². The number of rotatable bonds is 4. The molecule has 1 aliphatic rings. The lowest BCUT2D eigenvalue weighted by Crippen LogP contribution is -2.48. The van der Waals surface area contributed by atoms with Crippen molar-refractivity contribution in [3.63, 3.8) is 0 Å². The number of nitrogens with zero attached hydrogens (tertiary/aromatic N) is 2. The number of benzene rings is 1. The van der Waals surface area contributed by atoms with Crippen molar-refractivity contribution >= 4 is 12.0 Å². The highest BCUT2D eigenvalue weighted by atomic mass is 19.1. The van der Waals surface area contributed by atoms with Crippen LogP contribution >= 0.6 is 0 Å². The van der Waals surface area contributed by atoms with Crippen molar-refractivity contribution in [1.29, 1.82) is 0 Å². The molecule has 0 bridgehead atoms. The van der Waals surface area contributed by atoms with E-state index in [2.05, 4.69) is 11.8 Å². The normalized spacial score (nSPS) is 16.8. The van der Waals surface area contributed by atoms with Gasteiger partial charge in [-0.15, -0.1) is 0 Å². The van der Waals surface area contributed by atoms with Gasteiger partial charge >= 0.3 is 0 Å². The number of hydrogen-bond acceptors (Lipinski definition) is 2. The third-order valence-corrected chi connectivity index (χ3v) is 3.51. The molecular formula is C16H21FN2O.